The number of H-pyrrole nitrogens is 1. The lowest BCUT2D eigenvalue weighted by molar-refractivity contribution is -0.141. The third-order valence-electron chi connectivity index (χ3n) is 5.01. The van der Waals surface area contributed by atoms with Crippen molar-refractivity contribution in [3.8, 4) is 17.1 Å². The number of urea groups is 1. The molecule has 16 heteroatoms. The Morgan fingerprint density at radius 2 is 1.82 bits per heavy atom. The number of hydrogen-bond acceptors (Lipinski definition) is 7. The number of aromatic amines is 1. The van der Waals surface area contributed by atoms with Crippen LogP contribution in [0.3, 0.4) is 0 Å². The number of nitrogens with zero attached hydrogens (tertiary/aromatic N) is 4. The summed E-state index contributed by atoms with van der Waals surface area (Å²) in [6.45, 7) is 3.07. The van der Waals surface area contributed by atoms with Crippen LogP contribution in [0.5, 0.6) is 5.88 Å². The molecular formula is C22H23F6N7O3. The molecule has 2 amide bonds. The van der Waals surface area contributed by atoms with E-state index in [1.165, 1.54) is 20.1 Å². The number of aromatic nitrogens is 5. The minimum Gasteiger partial charge on any atom is -0.478 e. The smallest absolute Gasteiger partial charge is 0.435 e. The van der Waals surface area contributed by atoms with E-state index in [4.69, 9.17) is 9.47 Å². The molecule has 0 unspecified atom stereocenters. The maximum atomic E-state index is 13.5. The maximum Gasteiger partial charge on any atom is 0.435 e. The third-order valence-corrected chi connectivity index (χ3v) is 5.01. The predicted molar refractivity (Wildman–Crippen MR) is 121 cm³/mol. The average Bonchev–Trinajstić information content (AvgIpc) is 3.25. The Balaban J connectivity index is 1.76. The molecule has 0 atom stereocenters. The van der Waals surface area contributed by atoms with Crippen molar-refractivity contribution < 1.29 is 40.6 Å². The zero-order valence-corrected chi connectivity index (χ0v) is 20.3. The summed E-state index contributed by atoms with van der Waals surface area (Å²) >= 11 is 0. The van der Waals surface area contributed by atoms with Gasteiger partial charge in [-0.1, -0.05) is 0 Å². The molecule has 3 N–H and O–H groups in total. The monoisotopic (exact) mass is 547 g/mol. The van der Waals surface area contributed by atoms with Gasteiger partial charge in [0, 0.05) is 31.0 Å². The lowest BCUT2D eigenvalue weighted by Gasteiger charge is -2.13. The number of carbonyl (C=O) groups excluding carboxylic acids is 1. The number of alkyl halides is 6. The van der Waals surface area contributed by atoms with E-state index in [2.05, 4.69) is 36.0 Å². The normalized spacial score (nSPS) is 11.9. The molecule has 0 radical (unpaired) electrons. The van der Waals surface area contributed by atoms with Gasteiger partial charge in [0.15, 0.2) is 11.4 Å². The van der Waals surface area contributed by atoms with Crippen molar-refractivity contribution >= 4 is 11.7 Å². The molecule has 0 aromatic carbocycles. The van der Waals surface area contributed by atoms with Crippen LogP contribution in [0, 0.1) is 6.92 Å². The summed E-state index contributed by atoms with van der Waals surface area (Å²) in [7, 11) is 1.41. The first-order chi connectivity index (χ1) is 17.8. The SMILES string of the molecule is CCOc1cc(NC(=O)NCc2cc(C)c(-c3c(C(F)(F)F)n[nH]c3CCOC)nn2)cc(C(F)(F)F)n1. The van der Waals surface area contributed by atoms with Crippen molar-refractivity contribution in [1.82, 2.24) is 30.7 Å². The van der Waals surface area contributed by atoms with Gasteiger partial charge in [-0.2, -0.15) is 36.5 Å². The molecule has 38 heavy (non-hydrogen) atoms. The number of pyridine rings is 1. The first-order valence-electron chi connectivity index (χ1n) is 11.1. The second kappa shape index (κ2) is 11.6. The van der Waals surface area contributed by atoms with E-state index < -0.39 is 29.8 Å². The fraction of sp³-hybridized carbons (Fsp3) is 0.409. The molecule has 10 nitrogen and oxygen atoms in total. The summed E-state index contributed by atoms with van der Waals surface area (Å²) < 4.78 is 89.9. The van der Waals surface area contributed by atoms with Crippen molar-refractivity contribution in [3.63, 3.8) is 0 Å². The van der Waals surface area contributed by atoms with Gasteiger partial charge < -0.3 is 20.1 Å². The quantitative estimate of drug-likeness (QED) is 0.336. The minimum atomic E-state index is -4.76. The summed E-state index contributed by atoms with van der Waals surface area (Å²) in [5.41, 5.74) is -2.22. The highest BCUT2D eigenvalue weighted by Crippen LogP contribution is 2.38. The molecule has 3 aromatic rings. The summed E-state index contributed by atoms with van der Waals surface area (Å²) in [6, 6.07) is 2.33. The Labute approximate surface area is 212 Å². The molecule has 3 heterocycles. The number of halogens is 6. The number of anilines is 1. The Kier molecular flexibility index (Phi) is 8.75. The van der Waals surface area contributed by atoms with Gasteiger partial charge in [0.1, 0.15) is 0 Å². The number of hydrogen-bond donors (Lipinski definition) is 3. The first kappa shape index (κ1) is 28.6. The van der Waals surface area contributed by atoms with Crippen molar-refractivity contribution in [2.75, 3.05) is 25.6 Å². The topological polar surface area (TPSA) is 127 Å². The molecule has 0 saturated carbocycles. The number of amides is 2. The summed E-state index contributed by atoms with van der Waals surface area (Å²) in [5, 5.41) is 18.2. The highest BCUT2D eigenvalue weighted by atomic mass is 19.4. The number of methoxy groups -OCH3 is 1. The number of carbonyl (C=O) groups is 1. The number of ether oxygens (including phenoxy) is 2. The van der Waals surface area contributed by atoms with Crippen molar-refractivity contribution in [1.29, 1.82) is 0 Å². The van der Waals surface area contributed by atoms with E-state index in [1.807, 2.05) is 0 Å². The van der Waals surface area contributed by atoms with Gasteiger partial charge in [0.05, 0.1) is 36.7 Å². The number of nitrogens with one attached hydrogen (secondary N) is 3. The highest BCUT2D eigenvalue weighted by molar-refractivity contribution is 5.89. The van der Waals surface area contributed by atoms with Gasteiger partial charge in [0.25, 0.3) is 0 Å². The van der Waals surface area contributed by atoms with Crippen LogP contribution in [0.4, 0.5) is 36.8 Å². The van der Waals surface area contributed by atoms with E-state index in [-0.39, 0.29) is 60.4 Å². The number of rotatable bonds is 9. The lowest BCUT2D eigenvalue weighted by atomic mass is 10.0. The summed E-state index contributed by atoms with van der Waals surface area (Å²) in [5.74, 6) is -0.322. The van der Waals surface area contributed by atoms with E-state index in [1.54, 1.807) is 6.92 Å². The van der Waals surface area contributed by atoms with Crippen molar-refractivity contribution in [2.45, 2.75) is 39.2 Å². The minimum absolute atomic E-state index is 0.0506. The van der Waals surface area contributed by atoms with Gasteiger partial charge in [0.2, 0.25) is 5.88 Å². The van der Waals surface area contributed by atoms with Gasteiger partial charge in [-0.25, -0.2) is 9.78 Å². The summed E-state index contributed by atoms with van der Waals surface area (Å²) in [6.07, 6.45) is -9.39. The maximum absolute atomic E-state index is 13.5. The van der Waals surface area contributed by atoms with Crippen LogP contribution in [-0.4, -0.2) is 51.7 Å². The van der Waals surface area contributed by atoms with E-state index in [0.717, 1.165) is 6.07 Å². The third kappa shape index (κ3) is 7.08. The first-order valence-corrected chi connectivity index (χ1v) is 11.1. The zero-order chi connectivity index (χ0) is 28.1. The summed E-state index contributed by atoms with van der Waals surface area (Å²) in [4.78, 5) is 15.6. The second-order valence-electron chi connectivity index (χ2n) is 7.85. The number of aryl methyl sites for hydroxylation is 1. The van der Waals surface area contributed by atoms with Crippen LogP contribution in [0.15, 0.2) is 18.2 Å². The highest BCUT2D eigenvalue weighted by Gasteiger charge is 2.39. The molecule has 3 aromatic heterocycles. The lowest BCUT2D eigenvalue weighted by Crippen LogP contribution is -2.29. The Morgan fingerprint density at radius 3 is 2.42 bits per heavy atom. The van der Waals surface area contributed by atoms with Crippen LogP contribution in [0.25, 0.3) is 11.3 Å². The van der Waals surface area contributed by atoms with Crippen LogP contribution < -0.4 is 15.4 Å². The molecule has 206 valence electrons. The van der Waals surface area contributed by atoms with Crippen LogP contribution in [0.2, 0.25) is 0 Å². The predicted octanol–water partition coefficient (Wildman–Crippen LogP) is 4.52. The van der Waals surface area contributed by atoms with E-state index >= 15 is 0 Å². The van der Waals surface area contributed by atoms with Crippen LogP contribution in [-0.2, 0) is 30.1 Å². The molecule has 0 bridgehead atoms. The van der Waals surface area contributed by atoms with Gasteiger partial charge in [-0.05, 0) is 31.5 Å². The van der Waals surface area contributed by atoms with Gasteiger partial charge >= 0.3 is 18.4 Å². The van der Waals surface area contributed by atoms with E-state index in [9.17, 15) is 31.1 Å². The molecular weight excluding hydrogens is 524 g/mol. The van der Waals surface area contributed by atoms with Crippen molar-refractivity contribution in [2.24, 2.45) is 0 Å². The van der Waals surface area contributed by atoms with Gasteiger partial charge in [-0.15, -0.1) is 5.10 Å². The van der Waals surface area contributed by atoms with Crippen LogP contribution in [0.1, 0.15) is 35.3 Å². The fourth-order valence-electron chi connectivity index (χ4n) is 3.39. The average molecular weight is 547 g/mol. The molecule has 0 saturated heterocycles. The Morgan fingerprint density at radius 1 is 1.08 bits per heavy atom. The van der Waals surface area contributed by atoms with Crippen LogP contribution >= 0.6 is 0 Å². The second-order valence-corrected chi connectivity index (χ2v) is 7.85. The molecule has 0 spiro atoms. The largest absolute Gasteiger partial charge is 0.478 e. The molecule has 0 aliphatic heterocycles. The van der Waals surface area contributed by atoms with Crippen molar-refractivity contribution in [3.05, 3.63) is 46.5 Å². The van der Waals surface area contributed by atoms with Gasteiger partial charge in [-0.3, -0.25) is 5.10 Å². The van der Waals surface area contributed by atoms with E-state index in [0.29, 0.717) is 11.6 Å². The molecule has 3 rings (SSSR count). The Bertz CT molecular complexity index is 1280. The molecule has 0 aliphatic rings. The molecule has 0 fully saturated rings. The standard InChI is InChI=1S/C22H23F6N7O3/c1-4-38-16-9-12(8-15(31-16)21(23,24)25)30-20(36)29-10-13-7-11(2)18(34-32-13)17-14(5-6-37-3)33-35-19(17)22(26,27)28/h7-9H,4-6,10H2,1-3H3,(H,33,35)(H2,29,30,31,36). The zero-order valence-electron chi connectivity index (χ0n) is 20.3. The fourth-order valence-corrected chi connectivity index (χ4v) is 3.39. The Hall–Kier alpha value is -3.95. The molecule has 0 aliphatic carbocycles.